The highest BCUT2D eigenvalue weighted by atomic mass is 16.1. The molecule has 0 fully saturated rings. The van der Waals surface area contributed by atoms with Crippen molar-refractivity contribution in [2.75, 3.05) is 6.54 Å². The van der Waals surface area contributed by atoms with E-state index in [-0.39, 0.29) is 5.91 Å². The molecule has 0 spiro atoms. The summed E-state index contributed by atoms with van der Waals surface area (Å²) in [7, 11) is 0. The van der Waals surface area contributed by atoms with Crippen LogP contribution in [-0.4, -0.2) is 12.5 Å². The topological polar surface area (TPSA) is 29.1 Å². The molecular formula is C7H14NO+. The lowest BCUT2D eigenvalue weighted by molar-refractivity contribution is -0.119. The van der Waals surface area contributed by atoms with E-state index in [0.29, 0.717) is 5.92 Å². The van der Waals surface area contributed by atoms with Gasteiger partial charge in [-0.25, -0.2) is 0 Å². The Morgan fingerprint density at radius 2 is 2.33 bits per heavy atom. The fraction of sp³-hybridized carbons (Fsp3) is 0.714. The van der Waals surface area contributed by atoms with E-state index in [4.69, 9.17) is 0 Å². The second-order valence-electron chi connectivity index (χ2n) is 2.33. The lowest BCUT2D eigenvalue weighted by atomic mass is 10.1. The zero-order chi connectivity index (χ0) is 7.28. The van der Waals surface area contributed by atoms with Crippen LogP contribution in [0.25, 0.3) is 0 Å². The van der Waals surface area contributed by atoms with Crippen LogP contribution in [0.1, 0.15) is 20.3 Å². The quantitative estimate of drug-likeness (QED) is 0.564. The zero-order valence-electron chi connectivity index (χ0n) is 6.11. The molecule has 0 aliphatic carbocycles. The van der Waals surface area contributed by atoms with Gasteiger partial charge in [0.1, 0.15) is 0 Å². The van der Waals surface area contributed by atoms with Crippen molar-refractivity contribution in [2.24, 2.45) is 5.92 Å². The summed E-state index contributed by atoms with van der Waals surface area (Å²) in [6.07, 6.45) is 0.875. The highest BCUT2D eigenvalue weighted by Gasteiger charge is 2.01. The Balaban J connectivity index is 3.16. The second-order valence-corrected chi connectivity index (χ2v) is 2.33. The van der Waals surface area contributed by atoms with Crippen LogP contribution < -0.4 is 5.32 Å². The summed E-state index contributed by atoms with van der Waals surface area (Å²) in [4.78, 5) is 10.3. The van der Waals surface area contributed by atoms with E-state index >= 15 is 0 Å². The molecule has 0 radical (unpaired) electrons. The highest BCUT2D eigenvalue weighted by Crippen LogP contribution is 1.95. The molecule has 0 aromatic heterocycles. The van der Waals surface area contributed by atoms with Crippen LogP contribution in [0, 0.1) is 12.8 Å². The summed E-state index contributed by atoms with van der Waals surface area (Å²) in [5.41, 5.74) is 0. The maximum Gasteiger partial charge on any atom is 0.216 e. The maximum absolute atomic E-state index is 10.3. The van der Waals surface area contributed by atoms with Gasteiger partial charge in [0.05, 0.1) is 13.3 Å². The average Bonchev–Trinajstić information content (AvgIpc) is 1.83. The van der Waals surface area contributed by atoms with Crippen LogP contribution in [0.4, 0.5) is 0 Å². The first-order chi connectivity index (χ1) is 4.16. The SMILES string of the molecule is [CH2+]CC(C)CNC(C)=O. The number of amides is 1. The molecule has 0 saturated heterocycles. The van der Waals surface area contributed by atoms with Crippen molar-refractivity contribution < 1.29 is 4.79 Å². The van der Waals surface area contributed by atoms with Gasteiger partial charge >= 0.3 is 0 Å². The molecule has 1 unspecified atom stereocenters. The van der Waals surface area contributed by atoms with E-state index < -0.39 is 0 Å². The van der Waals surface area contributed by atoms with Gasteiger partial charge < -0.3 is 5.32 Å². The van der Waals surface area contributed by atoms with Crippen molar-refractivity contribution in [1.29, 1.82) is 0 Å². The van der Waals surface area contributed by atoms with E-state index in [1.165, 1.54) is 6.92 Å². The van der Waals surface area contributed by atoms with Gasteiger partial charge in [0.2, 0.25) is 5.91 Å². The van der Waals surface area contributed by atoms with Crippen LogP contribution in [0.2, 0.25) is 0 Å². The third kappa shape index (κ3) is 5.21. The molecule has 0 aliphatic heterocycles. The monoisotopic (exact) mass is 128 g/mol. The van der Waals surface area contributed by atoms with Gasteiger partial charge in [0.25, 0.3) is 0 Å². The van der Waals surface area contributed by atoms with Crippen molar-refractivity contribution in [3.05, 3.63) is 6.92 Å². The smallest absolute Gasteiger partial charge is 0.216 e. The number of rotatable bonds is 3. The lowest BCUT2D eigenvalue weighted by Crippen LogP contribution is -2.25. The van der Waals surface area contributed by atoms with Crippen LogP contribution in [0.5, 0.6) is 0 Å². The lowest BCUT2D eigenvalue weighted by Gasteiger charge is -2.04. The molecule has 0 aromatic rings. The Labute approximate surface area is 56.6 Å². The summed E-state index contributed by atoms with van der Waals surface area (Å²) in [5, 5.41) is 2.72. The molecule has 0 heterocycles. The Morgan fingerprint density at radius 3 is 2.67 bits per heavy atom. The van der Waals surface area contributed by atoms with Crippen molar-refractivity contribution in [3.63, 3.8) is 0 Å². The summed E-state index contributed by atoms with van der Waals surface area (Å²) in [6, 6.07) is 0. The predicted molar refractivity (Wildman–Crippen MR) is 37.8 cm³/mol. The Hall–Kier alpha value is -0.660. The van der Waals surface area contributed by atoms with Gasteiger partial charge in [-0.3, -0.25) is 4.79 Å². The Bertz CT molecular complexity index is 90.9. The van der Waals surface area contributed by atoms with Gasteiger partial charge in [0, 0.05) is 19.4 Å². The average molecular weight is 128 g/mol. The first-order valence-electron chi connectivity index (χ1n) is 3.20. The first kappa shape index (κ1) is 8.34. The molecule has 1 N–H and O–H groups in total. The summed E-state index contributed by atoms with van der Waals surface area (Å²) < 4.78 is 0. The van der Waals surface area contributed by atoms with Crippen LogP contribution in [0.15, 0.2) is 0 Å². The van der Waals surface area contributed by atoms with E-state index in [9.17, 15) is 4.79 Å². The summed E-state index contributed by atoms with van der Waals surface area (Å²) in [5.74, 6) is 0.532. The molecular weight excluding hydrogens is 114 g/mol. The van der Waals surface area contributed by atoms with Crippen molar-refractivity contribution >= 4 is 5.91 Å². The van der Waals surface area contributed by atoms with Crippen LogP contribution in [-0.2, 0) is 4.79 Å². The van der Waals surface area contributed by atoms with Crippen LogP contribution in [0.3, 0.4) is 0 Å². The van der Waals surface area contributed by atoms with E-state index in [1.807, 2.05) is 0 Å². The third-order valence-electron chi connectivity index (χ3n) is 1.19. The predicted octanol–water partition coefficient (Wildman–Crippen LogP) is 0.983. The largest absolute Gasteiger partial charge is 0.356 e. The highest BCUT2D eigenvalue weighted by molar-refractivity contribution is 5.72. The Kier molecular flexibility index (Phi) is 3.93. The number of hydrogen-bond acceptors (Lipinski definition) is 1. The minimum Gasteiger partial charge on any atom is -0.356 e. The molecule has 0 aliphatic rings. The van der Waals surface area contributed by atoms with Gasteiger partial charge in [-0.15, -0.1) is 0 Å². The molecule has 0 bridgehead atoms. The van der Waals surface area contributed by atoms with Crippen molar-refractivity contribution in [2.45, 2.75) is 20.3 Å². The molecule has 52 valence electrons. The molecule has 1 amide bonds. The minimum absolute atomic E-state index is 0.0373. The van der Waals surface area contributed by atoms with E-state index in [0.717, 1.165) is 13.0 Å². The van der Waals surface area contributed by atoms with Gasteiger partial charge in [-0.2, -0.15) is 0 Å². The molecule has 0 rings (SSSR count). The molecule has 0 aromatic carbocycles. The number of nitrogens with one attached hydrogen (secondary N) is 1. The van der Waals surface area contributed by atoms with E-state index in [1.54, 1.807) is 0 Å². The number of hydrogen-bond donors (Lipinski definition) is 1. The van der Waals surface area contributed by atoms with Gasteiger partial charge in [0.15, 0.2) is 0 Å². The Morgan fingerprint density at radius 1 is 1.78 bits per heavy atom. The first-order valence-corrected chi connectivity index (χ1v) is 3.20. The molecule has 0 saturated carbocycles. The fourth-order valence-corrected chi connectivity index (χ4v) is 0.420. The zero-order valence-corrected chi connectivity index (χ0v) is 6.11. The molecule has 2 nitrogen and oxygen atoms in total. The summed E-state index contributed by atoms with van der Waals surface area (Å²) in [6.45, 7) is 8.04. The second kappa shape index (κ2) is 4.24. The molecule has 1 atom stereocenters. The summed E-state index contributed by atoms with van der Waals surface area (Å²) >= 11 is 0. The van der Waals surface area contributed by atoms with Crippen molar-refractivity contribution in [3.8, 4) is 0 Å². The van der Waals surface area contributed by atoms with Gasteiger partial charge in [-0.05, 0) is 0 Å². The molecule has 9 heavy (non-hydrogen) atoms. The number of carbonyl (C=O) groups excluding carboxylic acids is 1. The number of carbonyl (C=O) groups is 1. The normalized spacial score (nSPS) is 12.7. The molecule has 2 heteroatoms. The standard InChI is InChI=1S/C7H13NO/c1-4-6(2)5-8-7(3)9/h6H,1,4-5H2,2-3H3/p+1. The van der Waals surface area contributed by atoms with Gasteiger partial charge in [-0.1, -0.05) is 6.92 Å². The maximum atomic E-state index is 10.3. The van der Waals surface area contributed by atoms with Crippen molar-refractivity contribution in [1.82, 2.24) is 5.32 Å². The van der Waals surface area contributed by atoms with Crippen LogP contribution >= 0.6 is 0 Å². The fourth-order valence-electron chi connectivity index (χ4n) is 0.420. The van der Waals surface area contributed by atoms with E-state index in [2.05, 4.69) is 19.2 Å². The minimum atomic E-state index is 0.0373. The third-order valence-corrected chi connectivity index (χ3v) is 1.19.